The summed E-state index contributed by atoms with van der Waals surface area (Å²) in [5.74, 6) is -0.269. The van der Waals surface area contributed by atoms with Gasteiger partial charge in [-0.25, -0.2) is 9.97 Å². The van der Waals surface area contributed by atoms with Crippen molar-refractivity contribution < 1.29 is 19.7 Å². The minimum atomic E-state index is -1.06. The van der Waals surface area contributed by atoms with Gasteiger partial charge in [-0.05, 0) is 12.0 Å². The molecule has 0 saturated carbocycles. The molecule has 1 saturated heterocycles. The molecule has 9 heteroatoms. The number of fused-ring (bicyclic) bond motifs is 1. The highest BCUT2D eigenvalue weighted by Crippen LogP contribution is 2.32. The number of pyridine rings is 1. The minimum absolute atomic E-state index is 0.150. The van der Waals surface area contributed by atoms with E-state index in [1.165, 1.54) is 6.33 Å². The average Bonchev–Trinajstić information content (AvgIpc) is 3.17. The van der Waals surface area contributed by atoms with E-state index in [4.69, 9.17) is 10.5 Å². The number of nitrogens with one attached hydrogen (secondary N) is 1. The molecule has 1 fully saturated rings. The van der Waals surface area contributed by atoms with Gasteiger partial charge in [0.15, 0.2) is 11.9 Å². The van der Waals surface area contributed by atoms with Crippen LogP contribution in [0.1, 0.15) is 27.0 Å². The van der Waals surface area contributed by atoms with Crippen molar-refractivity contribution in [2.24, 2.45) is 11.8 Å². The summed E-state index contributed by atoms with van der Waals surface area (Å²) in [4.78, 5) is 21.1. The first-order valence-corrected chi connectivity index (χ1v) is 8.67. The second kappa shape index (κ2) is 7.18. The maximum atomic E-state index is 12.5. The van der Waals surface area contributed by atoms with Gasteiger partial charge >= 0.3 is 0 Å². The molecule has 0 spiro atoms. The summed E-state index contributed by atoms with van der Waals surface area (Å²) >= 11 is 0. The predicted octanol–water partition coefficient (Wildman–Crippen LogP) is 0.0410. The largest absolute Gasteiger partial charge is 0.397 e. The van der Waals surface area contributed by atoms with Gasteiger partial charge in [0.2, 0.25) is 5.91 Å². The maximum absolute atomic E-state index is 12.5. The van der Waals surface area contributed by atoms with Gasteiger partial charge < -0.3 is 26.0 Å². The van der Waals surface area contributed by atoms with Crippen molar-refractivity contribution in [1.82, 2.24) is 19.9 Å². The zero-order valence-corrected chi connectivity index (χ0v) is 15.0. The van der Waals surface area contributed by atoms with E-state index in [0.29, 0.717) is 16.9 Å². The van der Waals surface area contributed by atoms with Crippen molar-refractivity contribution in [2.75, 3.05) is 12.3 Å². The Morgan fingerprint density at radius 3 is 2.81 bits per heavy atom. The number of nitrogens with zero attached hydrogens (tertiary/aromatic N) is 3. The monoisotopic (exact) mass is 363 g/mol. The quantitative estimate of drug-likeness (QED) is 0.589. The normalized spacial score (nSPS) is 27.2. The number of rotatable bonds is 5. The lowest BCUT2D eigenvalue weighted by molar-refractivity contribution is -0.127. The fourth-order valence-electron chi connectivity index (χ4n) is 3.03. The van der Waals surface area contributed by atoms with E-state index < -0.39 is 24.5 Å². The molecule has 2 unspecified atom stereocenters. The van der Waals surface area contributed by atoms with Gasteiger partial charge in [0, 0.05) is 12.1 Å². The van der Waals surface area contributed by atoms with Gasteiger partial charge in [0.05, 0.1) is 18.6 Å². The number of amides is 1. The molecule has 2 aromatic heterocycles. The number of nitrogens with two attached hydrogens (primary N) is 1. The van der Waals surface area contributed by atoms with E-state index in [2.05, 4.69) is 15.3 Å². The average molecular weight is 363 g/mol. The van der Waals surface area contributed by atoms with Crippen molar-refractivity contribution >= 4 is 22.8 Å². The summed E-state index contributed by atoms with van der Waals surface area (Å²) in [6.07, 6.45) is 0.421. The Hall–Kier alpha value is -2.23. The van der Waals surface area contributed by atoms with Crippen LogP contribution in [0, 0.1) is 11.8 Å². The lowest BCUT2D eigenvalue weighted by atomic mass is 9.96. The van der Waals surface area contributed by atoms with Crippen LogP contribution in [0.3, 0.4) is 0 Å². The number of imidazole rings is 1. The van der Waals surface area contributed by atoms with Crippen LogP contribution in [-0.2, 0) is 9.53 Å². The Balaban J connectivity index is 1.94. The second-order valence-electron chi connectivity index (χ2n) is 7.03. The Morgan fingerprint density at radius 2 is 2.15 bits per heavy atom. The summed E-state index contributed by atoms with van der Waals surface area (Å²) in [5.41, 5.74) is 7.39. The third kappa shape index (κ3) is 3.13. The minimum Gasteiger partial charge on any atom is -0.397 e. The van der Waals surface area contributed by atoms with Crippen molar-refractivity contribution in [3.63, 3.8) is 0 Å². The Bertz CT molecular complexity index is 793. The second-order valence-corrected chi connectivity index (χ2v) is 7.03. The number of aliphatic hydroxyl groups is 2. The number of aromatic nitrogens is 3. The number of nitrogen functional groups attached to an aromatic ring is 1. The molecular weight excluding hydrogens is 338 g/mol. The highest BCUT2D eigenvalue weighted by atomic mass is 16.5. The number of anilines is 1. The zero-order chi connectivity index (χ0) is 19.0. The highest BCUT2D eigenvalue weighted by molar-refractivity contribution is 5.84. The Kier molecular flexibility index (Phi) is 5.12. The van der Waals surface area contributed by atoms with E-state index in [0.717, 1.165) is 0 Å². The lowest BCUT2D eigenvalue weighted by Crippen LogP contribution is -2.48. The zero-order valence-electron chi connectivity index (χ0n) is 15.0. The summed E-state index contributed by atoms with van der Waals surface area (Å²) in [5, 5.41) is 22.9. The van der Waals surface area contributed by atoms with E-state index in [1.807, 2.05) is 20.8 Å². The van der Waals surface area contributed by atoms with Crippen molar-refractivity contribution in [1.29, 1.82) is 0 Å². The van der Waals surface area contributed by atoms with E-state index in [-0.39, 0.29) is 24.3 Å². The van der Waals surface area contributed by atoms with Gasteiger partial charge in [-0.2, -0.15) is 0 Å². The molecule has 1 aliphatic rings. The molecule has 9 nitrogen and oxygen atoms in total. The molecule has 2 aromatic rings. The number of carbonyl (C=O) groups is 1. The lowest BCUT2D eigenvalue weighted by Gasteiger charge is -2.25. The SMILES string of the molecule is CC(C)C(C)C(=O)N[C@H]1C(O)[C@@H](CO)O[C@H]1n1cnc2c(N)ccnc21. The van der Waals surface area contributed by atoms with Crippen molar-refractivity contribution in [3.8, 4) is 0 Å². The number of ether oxygens (including phenoxy) is 1. The van der Waals surface area contributed by atoms with Gasteiger partial charge in [-0.1, -0.05) is 20.8 Å². The van der Waals surface area contributed by atoms with Gasteiger partial charge in [0.25, 0.3) is 0 Å². The first-order chi connectivity index (χ1) is 12.3. The molecule has 1 amide bonds. The molecular formula is C17H25N5O4. The maximum Gasteiger partial charge on any atom is 0.223 e. The van der Waals surface area contributed by atoms with Gasteiger partial charge in [-0.15, -0.1) is 0 Å². The molecule has 0 aromatic carbocycles. The van der Waals surface area contributed by atoms with E-state index in [1.54, 1.807) is 16.8 Å². The van der Waals surface area contributed by atoms with Crippen LogP contribution in [0.4, 0.5) is 5.69 Å². The topological polar surface area (TPSA) is 136 Å². The summed E-state index contributed by atoms with van der Waals surface area (Å²) in [7, 11) is 0. The molecule has 1 aliphatic heterocycles. The number of aliphatic hydroxyl groups excluding tert-OH is 2. The predicted molar refractivity (Wildman–Crippen MR) is 94.9 cm³/mol. The third-order valence-electron chi connectivity index (χ3n) is 5.04. The Labute approximate surface area is 151 Å². The summed E-state index contributed by atoms with van der Waals surface area (Å²) in [6.45, 7) is 5.37. The molecule has 3 rings (SSSR count). The van der Waals surface area contributed by atoms with Crippen LogP contribution in [-0.4, -0.2) is 55.5 Å². The molecule has 0 aliphatic carbocycles. The third-order valence-corrected chi connectivity index (χ3v) is 5.04. The number of hydrogen-bond donors (Lipinski definition) is 4. The molecule has 3 heterocycles. The number of hydrogen-bond acceptors (Lipinski definition) is 7. The van der Waals surface area contributed by atoms with Gasteiger partial charge in [0.1, 0.15) is 23.8 Å². The van der Waals surface area contributed by atoms with Crippen LogP contribution in [0.5, 0.6) is 0 Å². The molecule has 142 valence electrons. The van der Waals surface area contributed by atoms with Crippen LogP contribution in [0.15, 0.2) is 18.6 Å². The molecule has 0 radical (unpaired) electrons. The fourth-order valence-corrected chi connectivity index (χ4v) is 3.03. The van der Waals surface area contributed by atoms with Crippen LogP contribution >= 0.6 is 0 Å². The van der Waals surface area contributed by atoms with Crippen molar-refractivity contribution in [2.45, 2.75) is 45.2 Å². The number of carbonyl (C=O) groups excluding carboxylic acids is 1. The first kappa shape index (κ1) is 18.6. The smallest absolute Gasteiger partial charge is 0.223 e. The van der Waals surface area contributed by atoms with E-state index in [9.17, 15) is 15.0 Å². The van der Waals surface area contributed by atoms with Crippen LogP contribution < -0.4 is 11.1 Å². The van der Waals surface area contributed by atoms with Crippen LogP contribution in [0.2, 0.25) is 0 Å². The Morgan fingerprint density at radius 1 is 1.42 bits per heavy atom. The summed E-state index contributed by atoms with van der Waals surface area (Å²) in [6, 6.07) is 0.894. The van der Waals surface area contributed by atoms with Crippen LogP contribution in [0.25, 0.3) is 11.2 Å². The highest BCUT2D eigenvalue weighted by Gasteiger charge is 2.46. The molecule has 5 atom stereocenters. The van der Waals surface area contributed by atoms with Gasteiger partial charge in [-0.3, -0.25) is 9.36 Å². The fraction of sp³-hybridized carbons (Fsp3) is 0.588. The van der Waals surface area contributed by atoms with Crippen molar-refractivity contribution in [3.05, 3.63) is 18.6 Å². The standard InChI is InChI=1S/C17H25N5O4/c1-8(2)9(3)16(25)21-13-14(24)11(6-23)26-17(13)22-7-20-12-10(18)4-5-19-15(12)22/h4-5,7-9,11,13-14,17,23-24H,6H2,1-3H3,(H2,18,19)(H,21,25)/t9?,11-,13+,14?,17-/m1/s1. The first-order valence-electron chi connectivity index (χ1n) is 8.67. The molecule has 5 N–H and O–H groups in total. The molecule has 26 heavy (non-hydrogen) atoms. The summed E-state index contributed by atoms with van der Waals surface area (Å²) < 4.78 is 7.42. The molecule has 0 bridgehead atoms. The van der Waals surface area contributed by atoms with E-state index >= 15 is 0 Å².